The topological polar surface area (TPSA) is 48.2 Å². The lowest BCUT2D eigenvalue weighted by molar-refractivity contribution is 1.26. The van der Waals surface area contributed by atoms with E-state index in [1.165, 1.54) is 0 Å². The fraction of sp³-hybridized carbons (Fsp3) is 0.0667. The quantitative estimate of drug-likeness (QED) is 0.653. The Morgan fingerprint density at radius 3 is 2.72 bits per heavy atom. The molecule has 88 valence electrons. The van der Waals surface area contributed by atoms with Gasteiger partial charge < -0.3 is 0 Å². The molecule has 0 aliphatic rings. The highest BCUT2D eigenvalue weighted by atomic mass is 15.3. The third-order valence-corrected chi connectivity index (χ3v) is 2.42. The van der Waals surface area contributed by atoms with E-state index in [9.17, 15) is 0 Å². The Kier molecular flexibility index (Phi) is 4.10. The number of anilines is 1. The van der Waals surface area contributed by atoms with Gasteiger partial charge in [-0.2, -0.15) is 10.4 Å². The number of nitrogens with zero attached hydrogens (tertiary/aromatic N) is 2. The van der Waals surface area contributed by atoms with E-state index in [1.54, 1.807) is 6.21 Å². The van der Waals surface area contributed by atoms with E-state index in [0.29, 0.717) is 6.42 Å². The molecule has 0 fully saturated rings. The van der Waals surface area contributed by atoms with Crippen LogP contribution in [0.25, 0.3) is 0 Å². The Labute approximate surface area is 106 Å². The number of para-hydroxylation sites is 1. The Balaban J connectivity index is 2.01. The van der Waals surface area contributed by atoms with E-state index < -0.39 is 0 Å². The first-order chi connectivity index (χ1) is 8.88. The van der Waals surface area contributed by atoms with E-state index in [-0.39, 0.29) is 0 Å². The van der Waals surface area contributed by atoms with Gasteiger partial charge in [0.25, 0.3) is 0 Å². The van der Waals surface area contributed by atoms with Crippen molar-refractivity contribution in [3.8, 4) is 6.07 Å². The van der Waals surface area contributed by atoms with E-state index in [0.717, 1.165) is 16.8 Å². The van der Waals surface area contributed by atoms with Crippen LogP contribution < -0.4 is 5.43 Å². The molecule has 0 aliphatic heterocycles. The second-order valence-corrected chi connectivity index (χ2v) is 3.82. The monoisotopic (exact) mass is 235 g/mol. The summed E-state index contributed by atoms with van der Waals surface area (Å²) < 4.78 is 0. The maximum absolute atomic E-state index is 8.64. The van der Waals surface area contributed by atoms with Gasteiger partial charge in [-0.15, -0.1) is 0 Å². The van der Waals surface area contributed by atoms with E-state index in [4.69, 9.17) is 5.26 Å². The number of nitrogens with one attached hydrogen (secondary N) is 1. The molecular weight excluding hydrogens is 222 g/mol. The van der Waals surface area contributed by atoms with Gasteiger partial charge in [0, 0.05) is 0 Å². The second-order valence-electron chi connectivity index (χ2n) is 3.82. The number of hydrogen-bond acceptors (Lipinski definition) is 3. The molecule has 2 rings (SSSR count). The van der Waals surface area contributed by atoms with Gasteiger partial charge in [-0.3, -0.25) is 5.43 Å². The predicted molar refractivity (Wildman–Crippen MR) is 73.4 cm³/mol. The van der Waals surface area contributed by atoms with Gasteiger partial charge in [-0.25, -0.2) is 0 Å². The molecule has 0 spiro atoms. The van der Waals surface area contributed by atoms with Gasteiger partial charge in [-0.1, -0.05) is 36.4 Å². The summed E-state index contributed by atoms with van der Waals surface area (Å²) >= 11 is 0. The number of benzene rings is 2. The van der Waals surface area contributed by atoms with Crippen molar-refractivity contribution in [1.82, 2.24) is 0 Å². The van der Waals surface area contributed by atoms with Crippen LogP contribution in [0, 0.1) is 11.3 Å². The molecule has 3 nitrogen and oxygen atoms in total. The zero-order chi connectivity index (χ0) is 12.6. The van der Waals surface area contributed by atoms with E-state index >= 15 is 0 Å². The Hall–Kier alpha value is -2.60. The summed E-state index contributed by atoms with van der Waals surface area (Å²) in [6.07, 6.45) is 2.17. The van der Waals surface area contributed by atoms with Gasteiger partial charge in [-0.05, 0) is 29.3 Å². The normalized spacial score (nSPS) is 10.2. The van der Waals surface area contributed by atoms with Crippen LogP contribution in [-0.2, 0) is 6.42 Å². The molecule has 2 aromatic rings. The van der Waals surface area contributed by atoms with Gasteiger partial charge in [0.15, 0.2) is 0 Å². The van der Waals surface area contributed by atoms with E-state index in [1.807, 2.05) is 54.6 Å². The second kappa shape index (κ2) is 6.21. The average molecular weight is 235 g/mol. The third-order valence-electron chi connectivity index (χ3n) is 2.42. The first kappa shape index (κ1) is 11.9. The van der Waals surface area contributed by atoms with Crippen LogP contribution in [0.3, 0.4) is 0 Å². The van der Waals surface area contributed by atoms with Gasteiger partial charge in [0.05, 0.1) is 24.4 Å². The van der Waals surface area contributed by atoms with Crippen LogP contribution in [-0.4, -0.2) is 6.21 Å². The molecule has 18 heavy (non-hydrogen) atoms. The minimum atomic E-state index is 0.424. The lowest BCUT2D eigenvalue weighted by atomic mass is 10.1. The highest BCUT2D eigenvalue weighted by Crippen LogP contribution is 2.06. The van der Waals surface area contributed by atoms with Crippen LogP contribution in [0.1, 0.15) is 11.1 Å². The van der Waals surface area contributed by atoms with Gasteiger partial charge in [0.1, 0.15) is 0 Å². The molecule has 0 saturated carbocycles. The first-order valence-electron chi connectivity index (χ1n) is 5.68. The molecule has 3 heteroatoms. The van der Waals surface area contributed by atoms with Crippen molar-refractivity contribution >= 4 is 11.9 Å². The maximum Gasteiger partial charge on any atom is 0.0669 e. The van der Waals surface area contributed by atoms with Crippen LogP contribution >= 0.6 is 0 Å². The van der Waals surface area contributed by atoms with Crippen LogP contribution in [0.5, 0.6) is 0 Å². The Bertz CT molecular complexity index is 568. The molecule has 0 unspecified atom stereocenters. The lowest BCUT2D eigenvalue weighted by Crippen LogP contribution is -1.91. The highest BCUT2D eigenvalue weighted by molar-refractivity contribution is 5.80. The van der Waals surface area contributed by atoms with Crippen LogP contribution in [0.4, 0.5) is 5.69 Å². The molecule has 2 aromatic carbocycles. The number of rotatable bonds is 4. The van der Waals surface area contributed by atoms with Crippen LogP contribution in [0.15, 0.2) is 59.7 Å². The van der Waals surface area contributed by atoms with Crippen molar-refractivity contribution in [3.05, 3.63) is 65.7 Å². The van der Waals surface area contributed by atoms with Gasteiger partial charge in [0.2, 0.25) is 0 Å². The third kappa shape index (κ3) is 3.46. The Morgan fingerprint density at radius 2 is 1.94 bits per heavy atom. The summed E-state index contributed by atoms with van der Waals surface area (Å²) in [7, 11) is 0. The standard InChI is InChI=1S/C15H13N3/c16-10-9-13-5-4-6-14(11-13)12-17-18-15-7-2-1-3-8-15/h1-8,11-12,18H,9H2. The predicted octanol–water partition coefficient (Wildman–Crippen LogP) is 3.20. The minimum absolute atomic E-state index is 0.424. The SMILES string of the molecule is N#CCc1cccc(C=NNc2ccccc2)c1. The summed E-state index contributed by atoms with van der Waals surface area (Å²) in [6.45, 7) is 0. The number of hydrazone groups is 1. The molecule has 0 atom stereocenters. The largest absolute Gasteiger partial charge is 0.279 e. The average Bonchev–Trinajstić information content (AvgIpc) is 2.41. The summed E-state index contributed by atoms with van der Waals surface area (Å²) in [5.41, 5.74) is 5.87. The maximum atomic E-state index is 8.64. The molecule has 0 heterocycles. The van der Waals surface area contributed by atoms with Crippen molar-refractivity contribution in [3.63, 3.8) is 0 Å². The molecule has 0 amide bonds. The zero-order valence-corrected chi connectivity index (χ0v) is 9.88. The molecule has 0 aliphatic carbocycles. The molecule has 0 bridgehead atoms. The van der Waals surface area contributed by atoms with Crippen molar-refractivity contribution in [1.29, 1.82) is 5.26 Å². The van der Waals surface area contributed by atoms with E-state index in [2.05, 4.69) is 16.6 Å². The molecule has 0 aromatic heterocycles. The highest BCUT2D eigenvalue weighted by Gasteiger charge is 1.93. The van der Waals surface area contributed by atoms with Crippen molar-refractivity contribution in [2.24, 2.45) is 5.10 Å². The first-order valence-corrected chi connectivity index (χ1v) is 5.68. The summed E-state index contributed by atoms with van der Waals surface area (Å²) in [4.78, 5) is 0. The van der Waals surface area contributed by atoms with Crippen molar-refractivity contribution in [2.45, 2.75) is 6.42 Å². The summed E-state index contributed by atoms with van der Waals surface area (Å²) in [5, 5.41) is 12.8. The minimum Gasteiger partial charge on any atom is -0.279 e. The summed E-state index contributed by atoms with van der Waals surface area (Å²) in [6, 6.07) is 19.7. The van der Waals surface area contributed by atoms with Crippen LogP contribution in [0.2, 0.25) is 0 Å². The molecule has 1 N–H and O–H groups in total. The lowest BCUT2D eigenvalue weighted by Gasteiger charge is -1.99. The number of hydrogen-bond donors (Lipinski definition) is 1. The molecule has 0 saturated heterocycles. The Morgan fingerprint density at radius 1 is 1.11 bits per heavy atom. The smallest absolute Gasteiger partial charge is 0.0669 e. The molecule has 0 radical (unpaired) electrons. The van der Waals surface area contributed by atoms with Crippen molar-refractivity contribution in [2.75, 3.05) is 5.43 Å². The summed E-state index contributed by atoms with van der Waals surface area (Å²) in [5.74, 6) is 0. The fourth-order valence-electron chi connectivity index (χ4n) is 1.57. The number of nitriles is 1. The van der Waals surface area contributed by atoms with Gasteiger partial charge >= 0.3 is 0 Å². The fourth-order valence-corrected chi connectivity index (χ4v) is 1.57. The zero-order valence-electron chi connectivity index (χ0n) is 9.88. The van der Waals surface area contributed by atoms with Crippen molar-refractivity contribution < 1.29 is 0 Å². The molecular formula is C15H13N3.